The van der Waals surface area contributed by atoms with Crippen LogP contribution in [0.5, 0.6) is 0 Å². The minimum Gasteiger partial charge on any atom is -0.391 e. The summed E-state index contributed by atoms with van der Waals surface area (Å²) in [6, 6.07) is 1.97. The maximum Gasteiger partial charge on any atom is 0.164 e. The zero-order valence-electron chi connectivity index (χ0n) is 13.6. The molecule has 2 saturated heterocycles. The first-order chi connectivity index (χ1) is 10.9. The third-order valence-corrected chi connectivity index (χ3v) is 4.52. The van der Waals surface area contributed by atoms with Gasteiger partial charge in [-0.2, -0.15) is 0 Å². The van der Waals surface area contributed by atoms with Crippen molar-refractivity contribution in [3.05, 3.63) is 24.3 Å². The summed E-state index contributed by atoms with van der Waals surface area (Å²) in [6.07, 6.45) is 1.38. The van der Waals surface area contributed by atoms with Gasteiger partial charge in [0.15, 0.2) is 12.0 Å². The molecule has 0 radical (unpaired) electrons. The highest BCUT2D eigenvalue weighted by Crippen LogP contribution is 2.44. The van der Waals surface area contributed by atoms with Crippen LogP contribution in [0.4, 0.5) is 0 Å². The molecule has 4 rings (SSSR count). The fraction of sp³-hybridized carbons (Fsp3) is 0.625. The predicted molar refractivity (Wildman–Crippen MR) is 81.7 cm³/mol. The molecule has 0 amide bonds. The Labute approximate surface area is 134 Å². The Kier molecular flexibility index (Phi) is 3.25. The van der Waals surface area contributed by atoms with Gasteiger partial charge in [-0.1, -0.05) is 0 Å². The van der Waals surface area contributed by atoms with Crippen LogP contribution in [0, 0.1) is 6.92 Å². The summed E-state index contributed by atoms with van der Waals surface area (Å²) < 4.78 is 20.0. The summed E-state index contributed by atoms with van der Waals surface area (Å²) in [5.41, 5.74) is 1.71. The Bertz CT molecular complexity index is 742. The monoisotopic (exact) mass is 319 g/mol. The molecule has 7 heteroatoms. The minimum absolute atomic E-state index is 0.296. The van der Waals surface area contributed by atoms with Crippen molar-refractivity contribution in [3.63, 3.8) is 0 Å². The zero-order valence-corrected chi connectivity index (χ0v) is 13.6. The molecule has 2 fully saturated rings. The number of aliphatic hydroxyl groups excluding tert-OH is 1. The van der Waals surface area contributed by atoms with E-state index in [0.717, 1.165) is 16.7 Å². The van der Waals surface area contributed by atoms with E-state index in [1.165, 1.54) is 0 Å². The molecule has 23 heavy (non-hydrogen) atoms. The summed E-state index contributed by atoms with van der Waals surface area (Å²) in [5, 5.41) is 11.0. The number of hydrogen-bond donors (Lipinski definition) is 1. The average Bonchev–Trinajstić information content (AvgIpc) is 3.09. The highest BCUT2D eigenvalue weighted by molar-refractivity contribution is 5.78. The standard InChI is InChI=1S/C16H21N3O4/c1-8-10-5-6-19(14(10)18-7-17-8)15-13-12(11(21-15)9(2)20)22-16(3,4)23-13/h5-7,9,11-13,15,20H,1-4H3/t9?,11-,12-,13-,15-/m1/s1. The summed E-state index contributed by atoms with van der Waals surface area (Å²) in [4.78, 5) is 8.60. The number of ether oxygens (including phenoxy) is 3. The molecular formula is C16H21N3O4. The van der Waals surface area contributed by atoms with E-state index in [1.54, 1.807) is 13.3 Å². The summed E-state index contributed by atoms with van der Waals surface area (Å²) in [7, 11) is 0. The first kappa shape index (κ1) is 15.0. The maximum absolute atomic E-state index is 10.0. The van der Waals surface area contributed by atoms with Gasteiger partial charge >= 0.3 is 0 Å². The van der Waals surface area contributed by atoms with Gasteiger partial charge in [-0.15, -0.1) is 0 Å². The molecule has 124 valence electrons. The summed E-state index contributed by atoms with van der Waals surface area (Å²) in [6.45, 7) is 7.41. The van der Waals surface area contributed by atoms with Gasteiger partial charge < -0.3 is 23.9 Å². The molecule has 2 aliphatic rings. The Hall–Kier alpha value is -1.54. The molecule has 0 bridgehead atoms. The van der Waals surface area contributed by atoms with E-state index in [1.807, 2.05) is 37.6 Å². The van der Waals surface area contributed by atoms with E-state index in [4.69, 9.17) is 14.2 Å². The predicted octanol–water partition coefficient (Wildman–Crippen LogP) is 1.54. The largest absolute Gasteiger partial charge is 0.391 e. The van der Waals surface area contributed by atoms with Crippen LogP contribution < -0.4 is 0 Å². The van der Waals surface area contributed by atoms with Gasteiger partial charge in [0, 0.05) is 11.6 Å². The van der Waals surface area contributed by atoms with Crippen molar-refractivity contribution in [2.24, 2.45) is 0 Å². The number of hydrogen-bond acceptors (Lipinski definition) is 6. The number of rotatable bonds is 2. The van der Waals surface area contributed by atoms with Crippen molar-refractivity contribution >= 4 is 11.0 Å². The van der Waals surface area contributed by atoms with Crippen LogP contribution in [0.1, 0.15) is 32.7 Å². The van der Waals surface area contributed by atoms with Crippen LogP contribution in [-0.2, 0) is 14.2 Å². The lowest BCUT2D eigenvalue weighted by molar-refractivity contribution is -0.205. The van der Waals surface area contributed by atoms with Crippen molar-refractivity contribution in [1.82, 2.24) is 14.5 Å². The minimum atomic E-state index is -0.696. The number of fused-ring (bicyclic) bond motifs is 2. The second-order valence-electron chi connectivity index (χ2n) is 6.72. The Morgan fingerprint density at radius 2 is 2.00 bits per heavy atom. The second kappa shape index (κ2) is 4.98. The first-order valence-electron chi connectivity index (χ1n) is 7.85. The summed E-state index contributed by atoms with van der Waals surface area (Å²) >= 11 is 0. The molecular weight excluding hydrogens is 298 g/mol. The fourth-order valence-electron chi connectivity index (χ4n) is 3.52. The average molecular weight is 319 g/mol. The molecule has 0 saturated carbocycles. The molecule has 2 aromatic rings. The van der Waals surface area contributed by atoms with E-state index in [0.29, 0.717) is 0 Å². The number of aryl methyl sites for hydroxylation is 1. The van der Waals surface area contributed by atoms with Crippen molar-refractivity contribution in [2.45, 2.75) is 64.1 Å². The van der Waals surface area contributed by atoms with Crippen LogP contribution in [0.2, 0.25) is 0 Å². The molecule has 0 aromatic carbocycles. The first-order valence-corrected chi connectivity index (χ1v) is 7.85. The molecule has 4 heterocycles. The number of nitrogens with zero attached hydrogens (tertiary/aromatic N) is 3. The van der Waals surface area contributed by atoms with Crippen LogP contribution in [0.3, 0.4) is 0 Å². The Morgan fingerprint density at radius 1 is 1.26 bits per heavy atom. The lowest BCUT2D eigenvalue weighted by Crippen LogP contribution is -2.36. The Balaban J connectivity index is 1.77. The molecule has 2 aromatic heterocycles. The Morgan fingerprint density at radius 3 is 2.74 bits per heavy atom. The highest BCUT2D eigenvalue weighted by Gasteiger charge is 2.57. The molecule has 0 spiro atoms. The van der Waals surface area contributed by atoms with Gasteiger partial charge in [-0.3, -0.25) is 0 Å². The van der Waals surface area contributed by atoms with E-state index in [-0.39, 0.29) is 12.2 Å². The van der Waals surface area contributed by atoms with E-state index >= 15 is 0 Å². The van der Waals surface area contributed by atoms with Crippen molar-refractivity contribution in [1.29, 1.82) is 0 Å². The molecule has 2 aliphatic heterocycles. The fourth-order valence-corrected chi connectivity index (χ4v) is 3.52. The molecule has 1 unspecified atom stereocenters. The summed E-state index contributed by atoms with van der Waals surface area (Å²) in [5.74, 6) is -0.696. The number of aromatic nitrogens is 3. The molecule has 7 nitrogen and oxygen atoms in total. The van der Waals surface area contributed by atoms with Crippen molar-refractivity contribution in [2.75, 3.05) is 0 Å². The van der Waals surface area contributed by atoms with Crippen LogP contribution in [-0.4, -0.2) is 49.8 Å². The van der Waals surface area contributed by atoms with E-state index in [2.05, 4.69) is 9.97 Å². The normalized spacial score (nSPS) is 34.0. The van der Waals surface area contributed by atoms with E-state index < -0.39 is 24.2 Å². The smallest absolute Gasteiger partial charge is 0.164 e. The van der Waals surface area contributed by atoms with Gasteiger partial charge in [-0.05, 0) is 33.8 Å². The van der Waals surface area contributed by atoms with Crippen LogP contribution >= 0.6 is 0 Å². The van der Waals surface area contributed by atoms with Gasteiger partial charge in [0.25, 0.3) is 0 Å². The lowest BCUT2D eigenvalue weighted by Gasteiger charge is -2.26. The zero-order chi connectivity index (χ0) is 16.4. The topological polar surface area (TPSA) is 78.6 Å². The lowest BCUT2D eigenvalue weighted by atomic mass is 10.1. The molecule has 1 N–H and O–H groups in total. The van der Waals surface area contributed by atoms with Gasteiger partial charge in [0.1, 0.15) is 30.3 Å². The second-order valence-corrected chi connectivity index (χ2v) is 6.72. The van der Waals surface area contributed by atoms with Gasteiger partial charge in [0.05, 0.1) is 11.8 Å². The van der Waals surface area contributed by atoms with Crippen LogP contribution in [0.25, 0.3) is 11.0 Å². The quantitative estimate of drug-likeness (QED) is 0.904. The third kappa shape index (κ3) is 2.27. The van der Waals surface area contributed by atoms with Crippen molar-refractivity contribution < 1.29 is 19.3 Å². The highest BCUT2D eigenvalue weighted by atomic mass is 16.8. The third-order valence-electron chi connectivity index (χ3n) is 4.52. The molecule has 5 atom stereocenters. The maximum atomic E-state index is 10.0. The van der Waals surface area contributed by atoms with Gasteiger partial charge in [-0.25, -0.2) is 9.97 Å². The molecule has 0 aliphatic carbocycles. The van der Waals surface area contributed by atoms with E-state index in [9.17, 15) is 5.11 Å². The van der Waals surface area contributed by atoms with Crippen LogP contribution in [0.15, 0.2) is 18.6 Å². The SMILES string of the molecule is Cc1ncnc2c1ccn2[C@@H]1O[C@H](C(C)O)[C@H]2OC(C)(C)O[C@H]21. The number of aliphatic hydroxyl groups is 1. The van der Waals surface area contributed by atoms with Crippen molar-refractivity contribution in [3.8, 4) is 0 Å². The van der Waals surface area contributed by atoms with Gasteiger partial charge in [0.2, 0.25) is 0 Å².